The molecule has 2 atom stereocenters. The summed E-state index contributed by atoms with van der Waals surface area (Å²) in [7, 11) is -4.08. The van der Waals surface area contributed by atoms with Gasteiger partial charge in [-0.3, -0.25) is 4.79 Å². The zero-order valence-electron chi connectivity index (χ0n) is 62.2. The van der Waals surface area contributed by atoms with Crippen molar-refractivity contribution >= 4 is 41.0 Å². The predicted octanol–water partition coefficient (Wildman–Crippen LogP) is 21.3. The molecule has 1 aliphatic rings. The first-order valence-electron chi connectivity index (χ1n) is 34.3. The first-order chi connectivity index (χ1) is 41.3. The van der Waals surface area contributed by atoms with E-state index in [0.717, 1.165) is 68.0 Å². The Morgan fingerprint density at radius 3 is 1.17 bits per heavy atom. The van der Waals surface area contributed by atoms with Crippen molar-refractivity contribution in [1.82, 2.24) is 0 Å². The number of ether oxygens (including phenoxy) is 1. The topological polar surface area (TPSA) is 80.3 Å². The number of carbonyl (C=O) groups excluding carboxylic acids is 2. The summed E-state index contributed by atoms with van der Waals surface area (Å²) in [5, 5.41) is 0.392. The smallest absolute Gasteiger partial charge is 0.460 e. The molecule has 496 valence electrons. The molecule has 5 aromatic carbocycles. The molecule has 1 aliphatic heterocycles. The second-order valence-electron chi connectivity index (χ2n) is 32.7. The lowest BCUT2D eigenvalue weighted by Crippen LogP contribution is -2.47. The van der Waals surface area contributed by atoms with Crippen molar-refractivity contribution in [3.8, 4) is 11.1 Å². The van der Waals surface area contributed by atoms with Crippen LogP contribution >= 0.6 is 0 Å². The molecule has 1 saturated heterocycles. The number of benzene rings is 5. The van der Waals surface area contributed by atoms with E-state index in [0.29, 0.717) is 5.56 Å². The molecule has 5 aromatic rings. The van der Waals surface area contributed by atoms with Crippen molar-refractivity contribution in [3.05, 3.63) is 158 Å². The maximum absolute atomic E-state index is 12.4. The van der Waals surface area contributed by atoms with Crippen LogP contribution in [0.2, 0.25) is 36.3 Å². The van der Waals surface area contributed by atoms with Gasteiger partial charge in [-0.25, -0.2) is 4.79 Å². The second kappa shape index (κ2) is 29.1. The number of Topliss-reactive ketones (excluding diaryl/α,β-unsaturated/α-hetero) is 1. The minimum absolute atomic E-state index is 0.0398. The lowest BCUT2D eigenvalue weighted by atomic mass is 9.67. The first kappa shape index (κ1) is 76.3. The summed E-state index contributed by atoms with van der Waals surface area (Å²) < 4.78 is 31.7. The van der Waals surface area contributed by atoms with Gasteiger partial charge >= 0.3 is 13.1 Å². The van der Waals surface area contributed by atoms with Crippen LogP contribution in [0.1, 0.15) is 250 Å². The van der Waals surface area contributed by atoms with Gasteiger partial charge in [0.25, 0.3) is 5.78 Å². The van der Waals surface area contributed by atoms with Crippen LogP contribution in [-0.4, -0.2) is 65.5 Å². The molecule has 10 heteroatoms. The minimum Gasteiger partial charge on any atom is -0.460 e. The average Bonchev–Trinajstić information content (AvgIpc) is 1.30. The molecule has 0 N–H and O–H groups in total. The summed E-state index contributed by atoms with van der Waals surface area (Å²) in [6, 6.07) is 35.3. The van der Waals surface area contributed by atoms with Gasteiger partial charge in [-0.05, 0) is 227 Å². The zero-order valence-corrected chi connectivity index (χ0v) is 64.2. The molecule has 90 heavy (non-hydrogen) atoms. The van der Waals surface area contributed by atoms with E-state index in [4.69, 9.17) is 22.9 Å². The molecule has 0 aliphatic carbocycles. The van der Waals surface area contributed by atoms with E-state index in [9.17, 15) is 9.59 Å². The van der Waals surface area contributed by atoms with E-state index in [-0.39, 0.29) is 68.9 Å². The van der Waals surface area contributed by atoms with Crippen LogP contribution in [-0.2, 0) is 51.4 Å². The molecule has 0 bridgehead atoms. The van der Waals surface area contributed by atoms with E-state index in [1.807, 2.05) is 12.1 Å². The third-order valence-electron chi connectivity index (χ3n) is 22.0. The molecule has 2 unspecified atom stereocenters. The molecule has 7 nitrogen and oxygen atoms in total. The van der Waals surface area contributed by atoms with Gasteiger partial charge in [0.2, 0.25) is 0 Å². The highest BCUT2D eigenvalue weighted by molar-refractivity contribution is 6.74. The fraction of sp³-hybridized carbons (Fsp3) is 0.600. The fourth-order valence-corrected chi connectivity index (χ4v) is 15.7. The lowest BCUT2D eigenvalue weighted by Gasteiger charge is -2.43. The van der Waals surface area contributed by atoms with Gasteiger partial charge in [0.05, 0.1) is 30.0 Å². The molecule has 1 fully saturated rings. The normalized spacial score (nSPS) is 15.7. The molecule has 0 spiro atoms. The maximum Gasteiger partial charge on any atom is 0.495 e. The number of hydrogen-bond acceptors (Lipinski definition) is 7. The maximum atomic E-state index is 12.4. The Bertz CT molecular complexity index is 3210. The van der Waals surface area contributed by atoms with E-state index < -0.39 is 28.4 Å². The summed E-state index contributed by atoms with van der Waals surface area (Å²) in [6.07, 6.45) is 8.64. The standard InChI is InChI=1S/C42H60O4Si.C38H63BO3Si/c1-14-42(15-2,35-24-25-36(30(5)28-35)32-17-19-33(20-18-32)38(43)39(44)45-16-3)34-23-21-31(29(4)27-34)22-26-37(40(6,7)8)46-47(12,13)41(9,10)11;1-17-38(18-2,31-22-23-32(28(4)26-31)39-41-36(11,12)37(13,14)42-39)30-21-19-29(27(3)25-30)20-24-33(34(5,6)7)40-43(15,16)35(8,9)10/h17-21,23-25,27-28,37H,14-16,22,26H2,1-13H3;19,21-23,25-26,33H,17-18,20,24H2,1-16H3. The molecule has 6 rings (SSSR count). The molecular weight excluding hydrogens is 1140 g/mol. The van der Waals surface area contributed by atoms with E-state index >= 15 is 0 Å². The van der Waals surface area contributed by atoms with Crippen LogP contribution in [0.15, 0.2) is 97.1 Å². The number of ketones is 1. The summed E-state index contributed by atoms with van der Waals surface area (Å²) in [6.45, 7) is 65.9. The van der Waals surface area contributed by atoms with Crippen molar-refractivity contribution in [2.24, 2.45) is 10.8 Å². The molecular formula is C80H123BO7Si2. The molecule has 0 aromatic heterocycles. The number of aryl methyl sites for hydroxylation is 6. The number of rotatable bonds is 23. The van der Waals surface area contributed by atoms with E-state index in [1.165, 1.54) is 55.6 Å². The Hall–Kier alpha value is -4.42. The molecule has 0 saturated carbocycles. The Kier molecular flexibility index (Phi) is 24.6. The van der Waals surface area contributed by atoms with Crippen LogP contribution in [0.5, 0.6) is 0 Å². The Morgan fingerprint density at radius 2 is 0.844 bits per heavy atom. The van der Waals surface area contributed by atoms with Crippen molar-refractivity contribution < 1.29 is 32.5 Å². The highest BCUT2D eigenvalue weighted by Crippen LogP contribution is 2.46. The number of esters is 1. The number of carbonyl (C=O) groups is 2. The van der Waals surface area contributed by atoms with Gasteiger partial charge in [0, 0.05) is 16.4 Å². The zero-order chi connectivity index (χ0) is 68.2. The highest BCUT2D eigenvalue weighted by Gasteiger charge is 2.52. The second-order valence-corrected chi connectivity index (χ2v) is 42.2. The van der Waals surface area contributed by atoms with Gasteiger partial charge in [-0.1, -0.05) is 213 Å². The molecule has 0 radical (unpaired) electrons. The lowest BCUT2D eigenvalue weighted by molar-refractivity contribution is -0.137. The number of hydrogen-bond donors (Lipinski definition) is 0. The van der Waals surface area contributed by atoms with Crippen LogP contribution < -0.4 is 5.46 Å². The van der Waals surface area contributed by atoms with Gasteiger partial charge in [0.1, 0.15) is 0 Å². The van der Waals surface area contributed by atoms with Crippen LogP contribution in [0.3, 0.4) is 0 Å². The SMILES string of the molecule is CCC(CC)(c1ccc(CCC(O[Si](C)(C)C(C)(C)C)C(C)(C)C)c(C)c1)c1ccc(B2OC(C)(C)C(C)(C)O2)c(C)c1.CCOC(=O)C(=O)c1ccc(-c2ccc(C(CC)(CC)c3ccc(CCC(O[Si](C)(C)C(C)(C)C)C(C)(C)C)c(C)c3)cc2C)cc1. The summed E-state index contributed by atoms with van der Waals surface area (Å²) in [5.74, 6) is -1.43. The monoisotopic (exact) mass is 1260 g/mol. The highest BCUT2D eigenvalue weighted by atomic mass is 28.4. The Labute approximate surface area is 552 Å². The van der Waals surface area contributed by atoms with E-state index in [2.05, 4.69) is 265 Å². The van der Waals surface area contributed by atoms with Gasteiger partial charge in [-0.2, -0.15) is 0 Å². The molecule has 0 amide bonds. The van der Waals surface area contributed by atoms with E-state index in [1.54, 1.807) is 19.1 Å². The minimum atomic E-state index is -1.89. The van der Waals surface area contributed by atoms with Crippen LogP contribution in [0, 0.1) is 38.5 Å². The van der Waals surface area contributed by atoms with Gasteiger partial charge in [0.15, 0.2) is 16.6 Å². The predicted molar refractivity (Wildman–Crippen MR) is 389 cm³/mol. The molecule has 1 heterocycles. The summed E-state index contributed by atoms with van der Waals surface area (Å²) in [5.41, 5.74) is 16.4. The largest absolute Gasteiger partial charge is 0.495 e. The van der Waals surface area contributed by atoms with Crippen molar-refractivity contribution in [3.63, 3.8) is 0 Å². The Balaban J connectivity index is 0.000000329. The van der Waals surface area contributed by atoms with Crippen molar-refractivity contribution in [1.29, 1.82) is 0 Å². The third-order valence-corrected chi connectivity index (χ3v) is 31.0. The van der Waals surface area contributed by atoms with Crippen molar-refractivity contribution in [2.75, 3.05) is 6.61 Å². The Morgan fingerprint density at radius 1 is 0.489 bits per heavy atom. The van der Waals surface area contributed by atoms with Crippen LogP contribution in [0.25, 0.3) is 11.1 Å². The summed E-state index contributed by atoms with van der Waals surface area (Å²) >= 11 is 0. The average molecular weight is 1260 g/mol. The fourth-order valence-electron chi connectivity index (χ4n) is 12.6. The summed E-state index contributed by atoms with van der Waals surface area (Å²) in [4.78, 5) is 24.3. The van der Waals surface area contributed by atoms with Crippen LogP contribution in [0.4, 0.5) is 0 Å². The quantitative estimate of drug-likeness (QED) is 0.0279. The van der Waals surface area contributed by atoms with Crippen molar-refractivity contribution in [2.45, 2.75) is 295 Å². The van der Waals surface area contributed by atoms with Gasteiger partial charge < -0.3 is 22.9 Å². The van der Waals surface area contributed by atoms with Gasteiger partial charge in [-0.15, -0.1) is 0 Å². The third kappa shape index (κ3) is 17.3. The first-order valence-corrected chi connectivity index (χ1v) is 40.1.